The van der Waals surface area contributed by atoms with Crippen molar-refractivity contribution < 1.29 is 4.79 Å². The van der Waals surface area contributed by atoms with Crippen LogP contribution in [0.25, 0.3) is 0 Å². The lowest BCUT2D eigenvalue weighted by Crippen LogP contribution is -2.38. The Morgan fingerprint density at radius 1 is 1.12 bits per heavy atom. The molecule has 0 rings (SSSR count). The first kappa shape index (κ1) is 18.1. The smallest absolute Gasteiger partial charge is 0.223 e. The van der Waals surface area contributed by atoms with Crippen LogP contribution >= 0.6 is 12.4 Å². The molecule has 0 spiro atoms. The van der Waals surface area contributed by atoms with Gasteiger partial charge >= 0.3 is 0 Å². The maximum absolute atomic E-state index is 11.9. The van der Waals surface area contributed by atoms with E-state index in [4.69, 9.17) is 0 Å². The van der Waals surface area contributed by atoms with Crippen molar-refractivity contribution in [1.82, 2.24) is 10.2 Å². The number of nitrogens with one attached hydrogen (secondary N) is 1. The number of hydrogen-bond acceptors (Lipinski definition) is 2. The summed E-state index contributed by atoms with van der Waals surface area (Å²) in [6, 6.07) is 0. The zero-order valence-corrected chi connectivity index (χ0v) is 12.1. The lowest BCUT2D eigenvalue weighted by atomic mass is 10.1. The normalized spacial score (nSPS) is 10.4. The molecule has 16 heavy (non-hydrogen) atoms. The standard InChI is InChI=1S/C12H26N2O.ClH/c1-10(2)8-14(9-11(3)4)12(15)6-7-13-5;/h10-11,13H,6-9H2,1-5H3;1H. The lowest BCUT2D eigenvalue weighted by Gasteiger charge is -2.26. The fourth-order valence-corrected chi connectivity index (χ4v) is 1.55. The van der Waals surface area contributed by atoms with E-state index in [2.05, 4.69) is 33.0 Å². The van der Waals surface area contributed by atoms with E-state index in [9.17, 15) is 4.79 Å². The van der Waals surface area contributed by atoms with Crippen LogP contribution in [0.2, 0.25) is 0 Å². The van der Waals surface area contributed by atoms with Crippen LogP contribution in [0.1, 0.15) is 34.1 Å². The summed E-state index contributed by atoms with van der Waals surface area (Å²) in [6.07, 6.45) is 0.607. The molecule has 4 heteroatoms. The predicted molar refractivity (Wildman–Crippen MR) is 72.0 cm³/mol. The molecule has 1 amide bonds. The van der Waals surface area contributed by atoms with Gasteiger partial charge in [0.15, 0.2) is 0 Å². The van der Waals surface area contributed by atoms with Gasteiger partial charge < -0.3 is 10.2 Å². The van der Waals surface area contributed by atoms with Crippen molar-refractivity contribution >= 4 is 18.3 Å². The van der Waals surface area contributed by atoms with Gasteiger partial charge in [0, 0.05) is 26.1 Å². The van der Waals surface area contributed by atoms with Crippen molar-refractivity contribution in [3.05, 3.63) is 0 Å². The van der Waals surface area contributed by atoms with Gasteiger partial charge in [-0.25, -0.2) is 0 Å². The summed E-state index contributed by atoms with van der Waals surface area (Å²) in [5, 5.41) is 3.01. The Labute approximate surface area is 106 Å². The Balaban J connectivity index is 0. The molecule has 98 valence electrons. The van der Waals surface area contributed by atoms with E-state index in [0.29, 0.717) is 18.3 Å². The Kier molecular flexibility index (Phi) is 11.2. The first-order chi connectivity index (χ1) is 6.97. The van der Waals surface area contributed by atoms with E-state index in [-0.39, 0.29) is 18.3 Å². The molecular formula is C12H27ClN2O. The minimum absolute atomic E-state index is 0. The minimum Gasteiger partial charge on any atom is -0.342 e. The molecular weight excluding hydrogens is 224 g/mol. The van der Waals surface area contributed by atoms with Crippen LogP contribution in [0.5, 0.6) is 0 Å². The highest BCUT2D eigenvalue weighted by atomic mass is 35.5. The summed E-state index contributed by atoms with van der Waals surface area (Å²) >= 11 is 0. The van der Waals surface area contributed by atoms with Crippen molar-refractivity contribution in [3.8, 4) is 0 Å². The quantitative estimate of drug-likeness (QED) is 0.751. The van der Waals surface area contributed by atoms with Crippen LogP contribution in [0.4, 0.5) is 0 Å². The molecule has 0 unspecified atom stereocenters. The molecule has 0 radical (unpaired) electrons. The van der Waals surface area contributed by atoms with Gasteiger partial charge in [-0.05, 0) is 18.9 Å². The second-order valence-electron chi connectivity index (χ2n) is 4.94. The second kappa shape index (κ2) is 9.91. The van der Waals surface area contributed by atoms with Crippen LogP contribution in [0, 0.1) is 11.8 Å². The van der Waals surface area contributed by atoms with Crippen molar-refractivity contribution in [2.24, 2.45) is 11.8 Å². The maximum Gasteiger partial charge on any atom is 0.223 e. The molecule has 0 bridgehead atoms. The van der Waals surface area contributed by atoms with Crippen LogP contribution in [0.3, 0.4) is 0 Å². The molecule has 0 atom stereocenters. The topological polar surface area (TPSA) is 32.3 Å². The summed E-state index contributed by atoms with van der Waals surface area (Å²) in [5.74, 6) is 1.36. The van der Waals surface area contributed by atoms with Gasteiger partial charge in [0.25, 0.3) is 0 Å². The molecule has 0 aliphatic heterocycles. The Hall–Kier alpha value is -0.280. The molecule has 0 aromatic rings. The van der Waals surface area contributed by atoms with E-state index in [0.717, 1.165) is 19.6 Å². The summed E-state index contributed by atoms with van der Waals surface area (Å²) in [4.78, 5) is 13.9. The van der Waals surface area contributed by atoms with E-state index in [1.165, 1.54) is 0 Å². The summed E-state index contributed by atoms with van der Waals surface area (Å²) in [6.45, 7) is 11.1. The average Bonchev–Trinajstić information content (AvgIpc) is 2.11. The van der Waals surface area contributed by atoms with E-state index >= 15 is 0 Å². The molecule has 0 aromatic heterocycles. The largest absolute Gasteiger partial charge is 0.342 e. The van der Waals surface area contributed by atoms with Crippen molar-refractivity contribution in [3.63, 3.8) is 0 Å². The van der Waals surface area contributed by atoms with Crippen LogP contribution in [-0.2, 0) is 4.79 Å². The van der Waals surface area contributed by atoms with Crippen molar-refractivity contribution in [1.29, 1.82) is 0 Å². The van der Waals surface area contributed by atoms with Gasteiger partial charge in [-0.15, -0.1) is 12.4 Å². The molecule has 0 aliphatic rings. The Morgan fingerprint density at radius 2 is 1.56 bits per heavy atom. The third-order valence-electron chi connectivity index (χ3n) is 2.11. The molecule has 0 saturated carbocycles. The van der Waals surface area contributed by atoms with Gasteiger partial charge in [0.1, 0.15) is 0 Å². The molecule has 0 aliphatic carbocycles. The third-order valence-corrected chi connectivity index (χ3v) is 2.11. The zero-order valence-electron chi connectivity index (χ0n) is 11.2. The molecule has 3 nitrogen and oxygen atoms in total. The molecule has 0 saturated heterocycles. The lowest BCUT2D eigenvalue weighted by molar-refractivity contribution is -0.132. The number of rotatable bonds is 7. The van der Waals surface area contributed by atoms with Gasteiger partial charge in [0.2, 0.25) is 5.91 Å². The SMILES string of the molecule is CNCCC(=O)N(CC(C)C)CC(C)C.Cl. The highest BCUT2D eigenvalue weighted by Crippen LogP contribution is 2.05. The fraction of sp³-hybridized carbons (Fsp3) is 0.917. The first-order valence-electron chi connectivity index (χ1n) is 5.89. The van der Waals surface area contributed by atoms with Gasteiger partial charge in [-0.1, -0.05) is 27.7 Å². The van der Waals surface area contributed by atoms with Gasteiger partial charge in [0.05, 0.1) is 0 Å². The number of carbonyl (C=O) groups is 1. The summed E-state index contributed by atoms with van der Waals surface area (Å²) in [7, 11) is 1.88. The highest BCUT2D eigenvalue weighted by Gasteiger charge is 2.15. The summed E-state index contributed by atoms with van der Waals surface area (Å²) in [5.41, 5.74) is 0. The van der Waals surface area contributed by atoms with Crippen LogP contribution in [-0.4, -0.2) is 37.5 Å². The molecule has 0 heterocycles. The Morgan fingerprint density at radius 3 is 1.88 bits per heavy atom. The summed E-state index contributed by atoms with van der Waals surface area (Å²) < 4.78 is 0. The highest BCUT2D eigenvalue weighted by molar-refractivity contribution is 5.85. The zero-order chi connectivity index (χ0) is 11.8. The van der Waals surface area contributed by atoms with E-state index < -0.39 is 0 Å². The second-order valence-corrected chi connectivity index (χ2v) is 4.94. The third kappa shape index (κ3) is 8.98. The van der Waals surface area contributed by atoms with Gasteiger partial charge in [-0.2, -0.15) is 0 Å². The van der Waals surface area contributed by atoms with Crippen molar-refractivity contribution in [2.45, 2.75) is 34.1 Å². The Bertz CT molecular complexity index is 174. The monoisotopic (exact) mass is 250 g/mol. The molecule has 0 aromatic carbocycles. The number of halogens is 1. The minimum atomic E-state index is 0. The number of hydrogen-bond donors (Lipinski definition) is 1. The number of nitrogens with zero attached hydrogens (tertiary/aromatic N) is 1. The van der Waals surface area contributed by atoms with Crippen molar-refractivity contribution in [2.75, 3.05) is 26.7 Å². The predicted octanol–water partition coefficient (Wildman–Crippen LogP) is 2.16. The number of carbonyl (C=O) groups excluding carboxylic acids is 1. The van der Waals surface area contributed by atoms with Crippen LogP contribution in [0.15, 0.2) is 0 Å². The molecule has 1 N–H and O–H groups in total. The first-order valence-corrected chi connectivity index (χ1v) is 5.89. The number of amides is 1. The van der Waals surface area contributed by atoms with Gasteiger partial charge in [-0.3, -0.25) is 4.79 Å². The van der Waals surface area contributed by atoms with E-state index in [1.54, 1.807) is 0 Å². The van der Waals surface area contributed by atoms with Crippen LogP contribution < -0.4 is 5.32 Å². The van der Waals surface area contributed by atoms with E-state index in [1.807, 2.05) is 11.9 Å². The maximum atomic E-state index is 11.9. The molecule has 0 fully saturated rings. The average molecular weight is 251 g/mol. The fourth-order valence-electron chi connectivity index (χ4n) is 1.55.